The summed E-state index contributed by atoms with van der Waals surface area (Å²) in [5.41, 5.74) is -0.570. The Balaban J connectivity index is 2.07. The first kappa shape index (κ1) is 12.7. The number of carbonyl (C=O) groups is 1. The van der Waals surface area contributed by atoms with Gasteiger partial charge in [-0.05, 0) is 52.9 Å². The molecule has 2 rings (SSSR count). The molecule has 1 aliphatic heterocycles. The van der Waals surface area contributed by atoms with E-state index < -0.39 is 5.60 Å². The molecule has 0 aromatic carbocycles. The zero-order valence-corrected chi connectivity index (χ0v) is 11.0. The first-order chi connectivity index (χ1) is 7.82. The summed E-state index contributed by atoms with van der Waals surface area (Å²) >= 11 is 0. The maximum atomic E-state index is 12.2. The van der Waals surface area contributed by atoms with E-state index >= 15 is 0 Å². The van der Waals surface area contributed by atoms with Crippen molar-refractivity contribution >= 4 is 6.09 Å². The van der Waals surface area contributed by atoms with Crippen molar-refractivity contribution in [3.05, 3.63) is 0 Å². The molecule has 0 bridgehead atoms. The molecule has 2 aliphatic rings. The van der Waals surface area contributed by atoms with Gasteiger partial charge in [-0.1, -0.05) is 0 Å². The number of likely N-dealkylation sites (tertiary alicyclic amines) is 1. The molecular formula is C13H23NO3. The molecular weight excluding hydrogens is 218 g/mol. The molecule has 4 heteroatoms. The number of rotatable bonds is 0. The van der Waals surface area contributed by atoms with Crippen LogP contribution in [0.15, 0.2) is 0 Å². The zero-order chi connectivity index (χ0) is 12.7. The Bertz CT molecular complexity index is 310. The van der Waals surface area contributed by atoms with Crippen LogP contribution in [0.25, 0.3) is 0 Å². The zero-order valence-electron chi connectivity index (χ0n) is 11.0. The number of carbonyl (C=O) groups excluding carboxylic acids is 1. The predicted molar refractivity (Wildman–Crippen MR) is 64.8 cm³/mol. The first-order valence-electron chi connectivity index (χ1n) is 6.51. The normalized spacial score (nSPS) is 33.4. The third-order valence-electron chi connectivity index (χ3n) is 3.77. The number of nitrogens with zero attached hydrogens (tertiary/aromatic N) is 1. The molecule has 1 N–H and O–H groups in total. The highest BCUT2D eigenvalue weighted by atomic mass is 16.6. The van der Waals surface area contributed by atoms with E-state index in [0.717, 1.165) is 32.2 Å². The summed E-state index contributed by atoms with van der Waals surface area (Å²) in [6, 6.07) is 0. The van der Waals surface area contributed by atoms with Gasteiger partial charge in [0, 0.05) is 12.1 Å². The summed E-state index contributed by atoms with van der Waals surface area (Å²) in [6.45, 7) is 6.42. The molecule has 0 unspecified atom stereocenters. The van der Waals surface area contributed by atoms with Crippen molar-refractivity contribution in [3.63, 3.8) is 0 Å². The second kappa shape index (κ2) is 4.16. The van der Waals surface area contributed by atoms with Crippen molar-refractivity contribution in [2.75, 3.05) is 6.54 Å². The van der Waals surface area contributed by atoms with Crippen molar-refractivity contribution in [3.8, 4) is 0 Å². The molecule has 1 spiro atoms. The van der Waals surface area contributed by atoms with Gasteiger partial charge in [0.15, 0.2) is 0 Å². The fraction of sp³-hybridized carbons (Fsp3) is 0.923. The largest absolute Gasteiger partial charge is 0.444 e. The summed E-state index contributed by atoms with van der Waals surface area (Å²) in [4.78, 5) is 14.0. The van der Waals surface area contributed by atoms with E-state index in [1.165, 1.54) is 0 Å². The minimum absolute atomic E-state index is 0.123. The lowest BCUT2D eigenvalue weighted by Gasteiger charge is -2.36. The first-order valence-corrected chi connectivity index (χ1v) is 6.51. The van der Waals surface area contributed by atoms with Gasteiger partial charge in [-0.2, -0.15) is 0 Å². The highest BCUT2D eigenvalue weighted by Crippen LogP contribution is 2.43. The van der Waals surface area contributed by atoms with Crippen LogP contribution >= 0.6 is 0 Å². The maximum absolute atomic E-state index is 12.2. The van der Waals surface area contributed by atoms with Crippen LogP contribution in [0.2, 0.25) is 0 Å². The number of aliphatic hydroxyl groups excluding tert-OH is 1. The Morgan fingerprint density at radius 1 is 1.41 bits per heavy atom. The molecule has 1 amide bonds. The molecule has 0 aromatic rings. The monoisotopic (exact) mass is 241 g/mol. The summed E-state index contributed by atoms with van der Waals surface area (Å²) in [5.74, 6) is 0. The van der Waals surface area contributed by atoms with E-state index in [2.05, 4.69) is 0 Å². The summed E-state index contributed by atoms with van der Waals surface area (Å²) < 4.78 is 5.45. The minimum atomic E-state index is -0.446. The molecule has 4 nitrogen and oxygen atoms in total. The van der Waals surface area contributed by atoms with Crippen LogP contribution in [0.1, 0.15) is 52.9 Å². The molecule has 0 aromatic heterocycles. The van der Waals surface area contributed by atoms with Gasteiger partial charge in [-0.15, -0.1) is 0 Å². The SMILES string of the molecule is CC(C)(C)OC(=O)N1CCC[C@]12CC[C@H](O)C2. The predicted octanol–water partition coefficient (Wildman–Crippen LogP) is 2.30. The lowest BCUT2D eigenvalue weighted by molar-refractivity contribution is 0.00677. The van der Waals surface area contributed by atoms with E-state index in [-0.39, 0.29) is 17.7 Å². The Kier molecular flexibility index (Phi) is 3.10. The van der Waals surface area contributed by atoms with Gasteiger partial charge in [0.1, 0.15) is 5.60 Å². The van der Waals surface area contributed by atoms with E-state index in [1.54, 1.807) is 0 Å². The number of hydrogen-bond acceptors (Lipinski definition) is 3. The Hall–Kier alpha value is -0.770. The van der Waals surface area contributed by atoms with Crippen molar-refractivity contribution < 1.29 is 14.6 Å². The fourth-order valence-corrected chi connectivity index (χ4v) is 3.09. The lowest BCUT2D eigenvalue weighted by Crippen LogP contribution is -2.47. The van der Waals surface area contributed by atoms with E-state index in [9.17, 15) is 9.90 Å². The summed E-state index contributed by atoms with van der Waals surface area (Å²) in [6.07, 6.45) is 3.98. The van der Waals surface area contributed by atoms with Gasteiger partial charge in [0.05, 0.1) is 6.10 Å². The van der Waals surface area contributed by atoms with Crippen molar-refractivity contribution in [2.45, 2.75) is 70.1 Å². The van der Waals surface area contributed by atoms with Gasteiger partial charge < -0.3 is 14.7 Å². The summed E-state index contributed by atoms with van der Waals surface area (Å²) in [7, 11) is 0. The van der Waals surface area contributed by atoms with Crippen LogP contribution in [0, 0.1) is 0 Å². The molecule has 1 saturated carbocycles. The van der Waals surface area contributed by atoms with Gasteiger partial charge in [0.2, 0.25) is 0 Å². The summed E-state index contributed by atoms with van der Waals surface area (Å²) in [5, 5.41) is 9.71. The van der Waals surface area contributed by atoms with Crippen molar-refractivity contribution in [1.82, 2.24) is 4.90 Å². The average Bonchev–Trinajstić information content (AvgIpc) is 2.72. The Morgan fingerprint density at radius 2 is 2.12 bits per heavy atom. The number of amides is 1. The maximum Gasteiger partial charge on any atom is 0.410 e. The average molecular weight is 241 g/mol. The Labute approximate surface area is 103 Å². The van der Waals surface area contributed by atoms with Crippen LogP contribution in [0.5, 0.6) is 0 Å². The molecule has 2 atom stereocenters. The molecule has 1 saturated heterocycles. The van der Waals surface area contributed by atoms with Crippen LogP contribution in [0.3, 0.4) is 0 Å². The van der Waals surface area contributed by atoms with E-state index in [0.29, 0.717) is 6.42 Å². The van der Waals surface area contributed by atoms with Crippen molar-refractivity contribution in [1.29, 1.82) is 0 Å². The standard InChI is InChI=1S/C13H23NO3/c1-12(2,3)17-11(16)14-8-4-6-13(14)7-5-10(15)9-13/h10,15H,4-9H2,1-3H3/t10-,13+/m0/s1. The van der Waals surface area contributed by atoms with Gasteiger partial charge in [-0.25, -0.2) is 4.79 Å². The molecule has 17 heavy (non-hydrogen) atoms. The number of hydrogen-bond donors (Lipinski definition) is 1. The number of aliphatic hydroxyl groups is 1. The van der Waals surface area contributed by atoms with Gasteiger partial charge in [0.25, 0.3) is 0 Å². The van der Waals surface area contributed by atoms with Crippen LogP contribution in [-0.2, 0) is 4.74 Å². The second-order valence-electron chi connectivity index (χ2n) is 6.36. The van der Waals surface area contributed by atoms with Crippen LogP contribution in [0.4, 0.5) is 4.79 Å². The molecule has 0 radical (unpaired) electrons. The minimum Gasteiger partial charge on any atom is -0.444 e. The molecule has 1 heterocycles. The highest BCUT2D eigenvalue weighted by Gasteiger charge is 2.49. The topological polar surface area (TPSA) is 49.8 Å². The fourth-order valence-electron chi connectivity index (χ4n) is 3.09. The van der Waals surface area contributed by atoms with Gasteiger partial charge >= 0.3 is 6.09 Å². The third-order valence-corrected chi connectivity index (χ3v) is 3.77. The number of ether oxygens (including phenoxy) is 1. The van der Waals surface area contributed by atoms with Crippen LogP contribution < -0.4 is 0 Å². The van der Waals surface area contributed by atoms with Crippen molar-refractivity contribution in [2.24, 2.45) is 0 Å². The van der Waals surface area contributed by atoms with E-state index in [4.69, 9.17) is 4.74 Å². The lowest BCUT2D eigenvalue weighted by atomic mass is 9.94. The van der Waals surface area contributed by atoms with E-state index in [1.807, 2.05) is 25.7 Å². The Morgan fingerprint density at radius 3 is 2.65 bits per heavy atom. The van der Waals surface area contributed by atoms with Crippen LogP contribution in [-0.4, -0.2) is 39.9 Å². The van der Waals surface area contributed by atoms with Gasteiger partial charge in [-0.3, -0.25) is 0 Å². The molecule has 1 aliphatic carbocycles. The quantitative estimate of drug-likeness (QED) is 0.708. The molecule has 98 valence electrons. The molecule has 2 fully saturated rings. The smallest absolute Gasteiger partial charge is 0.410 e. The third kappa shape index (κ3) is 2.57. The second-order valence-corrected chi connectivity index (χ2v) is 6.36. The highest BCUT2D eigenvalue weighted by molar-refractivity contribution is 5.69.